The molecule has 0 radical (unpaired) electrons. The van der Waals surface area contributed by atoms with Crippen LogP contribution < -0.4 is 5.32 Å². The highest BCUT2D eigenvalue weighted by Crippen LogP contribution is 2.00. The Balaban J connectivity index is 2.35. The molecule has 6 heteroatoms. The lowest BCUT2D eigenvalue weighted by molar-refractivity contribution is 0.550. The van der Waals surface area contributed by atoms with Crippen molar-refractivity contribution < 1.29 is 8.42 Å². The molecular weight excluding hydrogens is 250 g/mol. The minimum Gasteiger partial charge on any atom is -0.309 e. The smallest absolute Gasteiger partial charge is 0.150 e. The first-order chi connectivity index (χ1) is 8.43. The van der Waals surface area contributed by atoms with Gasteiger partial charge in [-0.2, -0.15) is 5.10 Å². The molecule has 18 heavy (non-hydrogen) atoms. The normalized spacial score (nSPS) is 12.2. The standard InChI is InChI=1S/C12H23N3O2S/c1-4-18(16,17)9-5-7-15-8-6-12(14-15)10-13-11(2)3/h6,8,11,13H,4-5,7,9-10H2,1-3H3. The molecule has 0 bridgehead atoms. The summed E-state index contributed by atoms with van der Waals surface area (Å²) in [5.41, 5.74) is 0.988. The van der Waals surface area contributed by atoms with Crippen molar-refractivity contribution in [1.82, 2.24) is 15.1 Å². The Morgan fingerprint density at radius 2 is 2.17 bits per heavy atom. The third-order valence-corrected chi connectivity index (χ3v) is 4.46. The second kappa shape index (κ2) is 6.89. The number of nitrogens with one attached hydrogen (secondary N) is 1. The van der Waals surface area contributed by atoms with Crippen LogP contribution in [-0.4, -0.2) is 35.7 Å². The van der Waals surface area contributed by atoms with Gasteiger partial charge in [-0.15, -0.1) is 0 Å². The fraction of sp³-hybridized carbons (Fsp3) is 0.750. The van der Waals surface area contributed by atoms with Crippen LogP contribution in [-0.2, 0) is 22.9 Å². The van der Waals surface area contributed by atoms with E-state index in [9.17, 15) is 8.42 Å². The summed E-state index contributed by atoms with van der Waals surface area (Å²) in [5, 5.41) is 7.68. The Morgan fingerprint density at radius 1 is 1.44 bits per heavy atom. The van der Waals surface area contributed by atoms with E-state index in [1.165, 1.54) is 0 Å². The fourth-order valence-electron chi connectivity index (χ4n) is 1.52. The quantitative estimate of drug-likeness (QED) is 0.773. The van der Waals surface area contributed by atoms with Crippen LogP contribution in [0.25, 0.3) is 0 Å². The molecule has 5 nitrogen and oxygen atoms in total. The van der Waals surface area contributed by atoms with Gasteiger partial charge in [-0.1, -0.05) is 20.8 Å². The Hall–Kier alpha value is -0.880. The van der Waals surface area contributed by atoms with Crippen LogP contribution in [0.2, 0.25) is 0 Å². The summed E-state index contributed by atoms with van der Waals surface area (Å²) in [6.45, 7) is 7.26. The zero-order valence-electron chi connectivity index (χ0n) is 11.4. The van der Waals surface area contributed by atoms with Gasteiger partial charge in [0.05, 0.1) is 11.4 Å². The van der Waals surface area contributed by atoms with Crippen LogP contribution in [0.3, 0.4) is 0 Å². The fourth-order valence-corrected chi connectivity index (χ4v) is 2.38. The lowest BCUT2D eigenvalue weighted by Gasteiger charge is -2.05. The maximum atomic E-state index is 11.3. The first-order valence-electron chi connectivity index (χ1n) is 6.39. The minimum atomic E-state index is -2.86. The van der Waals surface area contributed by atoms with Crippen LogP contribution in [0.1, 0.15) is 32.9 Å². The van der Waals surface area contributed by atoms with Gasteiger partial charge in [0.2, 0.25) is 0 Å². The highest BCUT2D eigenvalue weighted by Gasteiger charge is 2.07. The number of hydrogen-bond acceptors (Lipinski definition) is 4. The van der Waals surface area contributed by atoms with E-state index >= 15 is 0 Å². The largest absolute Gasteiger partial charge is 0.309 e. The molecule has 0 spiro atoms. The highest BCUT2D eigenvalue weighted by atomic mass is 32.2. The molecule has 0 saturated carbocycles. The van der Waals surface area contributed by atoms with Gasteiger partial charge in [-0.05, 0) is 12.5 Å². The zero-order valence-corrected chi connectivity index (χ0v) is 12.2. The highest BCUT2D eigenvalue weighted by molar-refractivity contribution is 7.91. The van der Waals surface area contributed by atoms with Crippen molar-refractivity contribution >= 4 is 9.84 Å². The van der Waals surface area contributed by atoms with Gasteiger partial charge in [-0.25, -0.2) is 8.42 Å². The molecule has 104 valence electrons. The molecule has 1 aromatic heterocycles. The maximum Gasteiger partial charge on any atom is 0.150 e. The number of hydrogen-bond donors (Lipinski definition) is 1. The van der Waals surface area contributed by atoms with E-state index < -0.39 is 9.84 Å². The van der Waals surface area contributed by atoms with E-state index in [2.05, 4.69) is 24.3 Å². The van der Waals surface area contributed by atoms with Crippen LogP contribution >= 0.6 is 0 Å². The lowest BCUT2D eigenvalue weighted by atomic mass is 10.3. The van der Waals surface area contributed by atoms with E-state index in [4.69, 9.17) is 0 Å². The van der Waals surface area contributed by atoms with Crippen molar-refractivity contribution in [2.75, 3.05) is 11.5 Å². The predicted octanol–water partition coefficient (Wildman–Crippen LogP) is 1.21. The Morgan fingerprint density at radius 3 is 2.78 bits per heavy atom. The number of rotatable bonds is 8. The molecule has 1 rings (SSSR count). The van der Waals surface area contributed by atoms with E-state index in [1.807, 2.05) is 16.9 Å². The minimum absolute atomic E-state index is 0.218. The number of sulfone groups is 1. The zero-order chi connectivity index (χ0) is 13.6. The molecular formula is C12H23N3O2S. The monoisotopic (exact) mass is 273 g/mol. The van der Waals surface area contributed by atoms with Crippen molar-refractivity contribution in [1.29, 1.82) is 0 Å². The SMILES string of the molecule is CCS(=O)(=O)CCCn1ccc(CNC(C)C)n1. The molecule has 0 unspecified atom stereocenters. The average Bonchev–Trinajstić information content (AvgIpc) is 2.74. The molecule has 0 aliphatic rings. The topological polar surface area (TPSA) is 64.0 Å². The second-order valence-corrected chi connectivity index (χ2v) is 7.17. The van der Waals surface area contributed by atoms with Gasteiger partial charge in [0.1, 0.15) is 9.84 Å². The van der Waals surface area contributed by atoms with Gasteiger partial charge in [-0.3, -0.25) is 4.68 Å². The molecule has 1 aromatic rings. The third-order valence-electron chi connectivity index (χ3n) is 2.67. The molecule has 0 saturated heterocycles. The summed E-state index contributed by atoms with van der Waals surface area (Å²) >= 11 is 0. The molecule has 0 fully saturated rings. The predicted molar refractivity (Wildman–Crippen MR) is 73.1 cm³/mol. The first-order valence-corrected chi connectivity index (χ1v) is 8.21. The van der Waals surface area contributed by atoms with Gasteiger partial charge < -0.3 is 5.32 Å². The lowest BCUT2D eigenvalue weighted by Crippen LogP contribution is -2.22. The molecule has 1 N–H and O–H groups in total. The van der Waals surface area contributed by atoms with Gasteiger partial charge in [0.25, 0.3) is 0 Å². The van der Waals surface area contributed by atoms with Crippen LogP contribution in [0, 0.1) is 0 Å². The summed E-state index contributed by atoms with van der Waals surface area (Å²) in [5.74, 6) is 0.457. The Bertz CT molecular complexity index is 452. The van der Waals surface area contributed by atoms with E-state index in [0.29, 0.717) is 19.0 Å². The summed E-state index contributed by atoms with van der Waals surface area (Å²) in [7, 11) is -2.86. The summed E-state index contributed by atoms with van der Waals surface area (Å²) in [6.07, 6.45) is 2.52. The molecule has 0 aliphatic heterocycles. The Kier molecular flexibility index (Phi) is 5.81. The molecule has 0 aliphatic carbocycles. The number of aromatic nitrogens is 2. The van der Waals surface area contributed by atoms with E-state index in [0.717, 1.165) is 12.2 Å². The van der Waals surface area contributed by atoms with Crippen molar-refractivity contribution in [2.24, 2.45) is 0 Å². The molecule has 0 aromatic carbocycles. The molecule has 0 amide bonds. The third kappa shape index (κ3) is 5.64. The second-order valence-electron chi connectivity index (χ2n) is 4.70. The van der Waals surface area contributed by atoms with E-state index in [-0.39, 0.29) is 11.5 Å². The summed E-state index contributed by atoms with van der Waals surface area (Å²) in [6, 6.07) is 2.40. The van der Waals surface area contributed by atoms with Crippen LogP contribution in [0.15, 0.2) is 12.3 Å². The van der Waals surface area contributed by atoms with Gasteiger partial charge >= 0.3 is 0 Å². The Labute approximate surface area is 109 Å². The number of nitrogens with zero attached hydrogens (tertiary/aromatic N) is 2. The summed E-state index contributed by atoms with van der Waals surface area (Å²) < 4.78 is 24.5. The van der Waals surface area contributed by atoms with Crippen molar-refractivity contribution in [3.8, 4) is 0 Å². The maximum absolute atomic E-state index is 11.3. The van der Waals surface area contributed by atoms with Crippen LogP contribution in [0.4, 0.5) is 0 Å². The van der Waals surface area contributed by atoms with Crippen molar-refractivity contribution in [3.05, 3.63) is 18.0 Å². The van der Waals surface area contributed by atoms with Gasteiger partial charge in [0, 0.05) is 31.1 Å². The first kappa shape index (κ1) is 15.2. The van der Waals surface area contributed by atoms with Crippen molar-refractivity contribution in [2.45, 2.75) is 46.3 Å². The molecule has 0 atom stereocenters. The molecule has 1 heterocycles. The summed E-state index contributed by atoms with van der Waals surface area (Å²) in [4.78, 5) is 0. The van der Waals surface area contributed by atoms with Crippen LogP contribution in [0.5, 0.6) is 0 Å². The number of aryl methyl sites for hydroxylation is 1. The van der Waals surface area contributed by atoms with E-state index in [1.54, 1.807) is 6.92 Å². The van der Waals surface area contributed by atoms with Crippen molar-refractivity contribution in [3.63, 3.8) is 0 Å². The average molecular weight is 273 g/mol. The van der Waals surface area contributed by atoms with Gasteiger partial charge in [0.15, 0.2) is 0 Å².